The van der Waals surface area contributed by atoms with Crippen molar-refractivity contribution >= 4 is 34.2 Å². The van der Waals surface area contributed by atoms with Crippen LogP contribution in [0.25, 0.3) is 5.65 Å². The molecule has 7 heteroatoms. The van der Waals surface area contributed by atoms with Crippen LogP contribution in [0, 0.1) is 0 Å². The normalized spacial score (nSPS) is 14.4. The molecule has 0 spiro atoms. The minimum absolute atomic E-state index is 0.215. The molecule has 0 aliphatic carbocycles. The summed E-state index contributed by atoms with van der Waals surface area (Å²) in [4.78, 5) is 22.6. The molecule has 6 nitrogen and oxygen atoms in total. The molecule has 0 fully saturated rings. The first-order valence-corrected chi connectivity index (χ1v) is 7.27. The van der Waals surface area contributed by atoms with Gasteiger partial charge >= 0.3 is 0 Å². The number of anilines is 1. The van der Waals surface area contributed by atoms with Gasteiger partial charge in [-0.15, -0.1) is 0 Å². The fraction of sp³-hybridized carbons (Fsp3) is 0.308. The maximum atomic E-state index is 12.1. The summed E-state index contributed by atoms with van der Waals surface area (Å²) in [6.07, 6.45) is 3.68. The summed E-state index contributed by atoms with van der Waals surface area (Å²) in [6.45, 7) is 0.762. The van der Waals surface area contributed by atoms with Gasteiger partial charge in [-0.2, -0.15) is 0 Å². The SMILES string of the molecule is CN(C)c1ccc2nc(C(=O)NC3=NCCS3)cn2c1. The second-order valence-electron chi connectivity index (χ2n) is 4.66. The summed E-state index contributed by atoms with van der Waals surface area (Å²) in [5, 5.41) is 3.46. The molecular formula is C13H15N5OS. The molecule has 1 N–H and O–H groups in total. The van der Waals surface area contributed by atoms with Crippen LogP contribution in [0.5, 0.6) is 0 Å². The molecule has 0 radical (unpaired) electrons. The number of imidazole rings is 1. The molecule has 104 valence electrons. The van der Waals surface area contributed by atoms with Gasteiger partial charge in [-0.25, -0.2) is 4.98 Å². The third-order valence-electron chi connectivity index (χ3n) is 2.99. The van der Waals surface area contributed by atoms with Crippen molar-refractivity contribution in [2.24, 2.45) is 4.99 Å². The Morgan fingerprint density at radius 3 is 2.95 bits per heavy atom. The van der Waals surface area contributed by atoms with Gasteiger partial charge in [-0.05, 0) is 12.1 Å². The van der Waals surface area contributed by atoms with Crippen molar-refractivity contribution in [1.82, 2.24) is 14.7 Å². The highest BCUT2D eigenvalue weighted by molar-refractivity contribution is 8.14. The predicted octanol–water partition coefficient (Wildman–Crippen LogP) is 1.23. The molecule has 1 aliphatic heterocycles. The van der Waals surface area contributed by atoms with Gasteiger partial charge in [-0.1, -0.05) is 11.8 Å². The Balaban J connectivity index is 1.86. The third-order valence-corrected chi connectivity index (χ3v) is 3.88. The maximum absolute atomic E-state index is 12.1. The number of nitrogens with one attached hydrogen (secondary N) is 1. The van der Waals surface area contributed by atoms with Crippen LogP contribution < -0.4 is 10.2 Å². The highest BCUT2D eigenvalue weighted by Gasteiger charge is 2.15. The molecule has 0 atom stereocenters. The first-order valence-electron chi connectivity index (χ1n) is 6.28. The highest BCUT2D eigenvalue weighted by atomic mass is 32.2. The lowest BCUT2D eigenvalue weighted by Gasteiger charge is -2.11. The van der Waals surface area contributed by atoms with Gasteiger partial charge in [0.15, 0.2) is 5.17 Å². The quantitative estimate of drug-likeness (QED) is 0.903. The van der Waals surface area contributed by atoms with Crippen LogP contribution in [0.3, 0.4) is 0 Å². The number of pyridine rings is 1. The van der Waals surface area contributed by atoms with Crippen LogP contribution in [0.2, 0.25) is 0 Å². The smallest absolute Gasteiger partial charge is 0.277 e. The molecule has 0 unspecified atom stereocenters. The summed E-state index contributed by atoms with van der Waals surface area (Å²) in [5.41, 5.74) is 2.20. The number of aliphatic imine (C=N–C) groups is 1. The van der Waals surface area contributed by atoms with Crippen molar-refractivity contribution in [3.63, 3.8) is 0 Å². The molecule has 2 aromatic rings. The number of amidine groups is 1. The number of nitrogens with zero attached hydrogens (tertiary/aromatic N) is 4. The number of hydrogen-bond acceptors (Lipinski definition) is 5. The van der Waals surface area contributed by atoms with E-state index in [9.17, 15) is 4.79 Å². The first kappa shape index (κ1) is 13.0. The molecule has 1 aliphatic rings. The first-order chi connectivity index (χ1) is 9.63. The van der Waals surface area contributed by atoms with E-state index < -0.39 is 0 Å². The number of rotatable bonds is 2. The zero-order valence-corrected chi connectivity index (χ0v) is 12.1. The Morgan fingerprint density at radius 1 is 1.40 bits per heavy atom. The number of fused-ring (bicyclic) bond motifs is 1. The number of amides is 1. The van der Waals surface area contributed by atoms with E-state index in [0.29, 0.717) is 10.9 Å². The van der Waals surface area contributed by atoms with Crippen molar-refractivity contribution in [2.75, 3.05) is 31.3 Å². The Morgan fingerprint density at radius 2 is 2.25 bits per heavy atom. The number of thioether (sulfide) groups is 1. The number of carbonyl (C=O) groups is 1. The lowest BCUT2D eigenvalue weighted by Crippen LogP contribution is -2.27. The molecule has 1 amide bonds. The van der Waals surface area contributed by atoms with Crippen LogP contribution >= 0.6 is 11.8 Å². The van der Waals surface area contributed by atoms with Crippen LogP contribution in [0.4, 0.5) is 5.69 Å². The molecule has 20 heavy (non-hydrogen) atoms. The lowest BCUT2D eigenvalue weighted by molar-refractivity contribution is 0.0973. The second-order valence-corrected chi connectivity index (χ2v) is 5.75. The van der Waals surface area contributed by atoms with Gasteiger partial charge in [0, 0.05) is 32.2 Å². The van der Waals surface area contributed by atoms with Crippen molar-refractivity contribution < 1.29 is 4.79 Å². The van der Waals surface area contributed by atoms with Crippen LogP contribution in [0.1, 0.15) is 10.5 Å². The summed E-state index contributed by atoms with van der Waals surface area (Å²) in [6, 6.07) is 3.87. The minimum Gasteiger partial charge on any atom is -0.376 e. The fourth-order valence-corrected chi connectivity index (χ4v) is 2.65. The van der Waals surface area contributed by atoms with E-state index in [-0.39, 0.29) is 5.91 Å². The Hall–Kier alpha value is -2.02. The number of aromatic nitrogens is 2. The summed E-state index contributed by atoms with van der Waals surface area (Å²) in [7, 11) is 3.95. The summed E-state index contributed by atoms with van der Waals surface area (Å²) < 4.78 is 1.86. The summed E-state index contributed by atoms with van der Waals surface area (Å²) >= 11 is 1.56. The molecule has 3 rings (SSSR count). The predicted molar refractivity (Wildman–Crippen MR) is 81.7 cm³/mol. The molecule has 0 saturated heterocycles. The lowest BCUT2D eigenvalue weighted by atomic mass is 10.4. The van der Waals surface area contributed by atoms with Crippen molar-refractivity contribution in [1.29, 1.82) is 0 Å². The zero-order valence-electron chi connectivity index (χ0n) is 11.3. The van der Waals surface area contributed by atoms with E-state index in [0.717, 1.165) is 23.6 Å². The van der Waals surface area contributed by atoms with Gasteiger partial charge in [0.25, 0.3) is 5.91 Å². The summed E-state index contributed by atoms with van der Waals surface area (Å²) in [5.74, 6) is 0.709. The number of carbonyl (C=O) groups excluding carboxylic acids is 1. The standard InChI is InChI=1S/C13H15N5OS/c1-17(2)9-3-4-11-15-10(8-18(11)7-9)12(19)16-13-14-5-6-20-13/h3-4,7-8H,5-6H2,1-2H3,(H,14,16,19). The van der Waals surface area contributed by atoms with E-state index in [4.69, 9.17) is 0 Å². The van der Waals surface area contributed by atoms with Gasteiger partial charge in [0.1, 0.15) is 11.3 Å². The Bertz CT molecular complexity index is 691. The van der Waals surface area contributed by atoms with Gasteiger partial charge in [-0.3, -0.25) is 15.1 Å². The largest absolute Gasteiger partial charge is 0.376 e. The molecule has 0 saturated carbocycles. The Kier molecular flexibility index (Phi) is 3.35. The van der Waals surface area contributed by atoms with Gasteiger partial charge in [0.05, 0.1) is 12.2 Å². The van der Waals surface area contributed by atoms with Crippen LogP contribution in [-0.2, 0) is 0 Å². The topological polar surface area (TPSA) is 62.0 Å². The van der Waals surface area contributed by atoms with Crippen molar-refractivity contribution in [3.8, 4) is 0 Å². The van der Waals surface area contributed by atoms with E-state index in [1.807, 2.05) is 41.7 Å². The average Bonchev–Trinajstić information content (AvgIpc) is 3.05. The van der Waals surface area contributed by atoms with Crippen LogP contribution in [0.15, 0.2) is 29.5 Å². The highest BCUT2D eigenvalue weighted by Crippen LogP contribution is 2.14. The molecule has 0 bridgehead atoms. The maximum Gasteiger partial charge on any atom is 0.277 e. The zero-order chi connectivity index (χ0) is 14.1. The van der Waals surface area contributed by atoms with Gasteiger partial charge < -0.3 is 9.30 Å². The van der Waals surface area contributed by atoms with Crippen LogP contribution in [-0.4, -0.2) is 46.9 Å². The number of hydrogen-bond donors (Lipinski definition) is 1. The monoisotopic (exact) mass is 289 g/mol. The molecular weight excluding hydrogens is 274 g/mol. The average molecular weight is 289 g/mol. The molecule has 0 aromatic carbocycles. The van der Waals surface area contributed by atoms with E-state index in [1.165, 1.54) is 0 Å². The van der Waals surface area contributed by atoms with E-state index in [1.54, 1.807) is 18.0 Å². The molecule has 2 aromatic heterocycles. The fourth-order valence-electron chi connectivity index (χ4n) is 1.93. The third kappa shape index (κ3) is 2.49. The van der Waals surface area contributed by atoms with E-state index in [2.05, 4.69) is 15.3 Å². The van der Waals surface area contributed by atoms with Gasteiger partial charge in [0.2, 0.25) is 0 Å². The van der Waals surface area contributed by atoms with Crippen molar-refractivity contribution in [3.05, 3.63) is 30.2 Å². The minimum atomic E-state index is -0.215. The van der Waals surface area contributed by atoms with Crippen molar-refractivity contribution in [2.45, 2.75) is 0 Å². The Labute approximate surface area is 120 Å². The van der Waals surface area contributed by atoms with E-state index >= 15 is 0 Å². The second kappa shape index (κ2) is 5.16. The molecule has 3 heterocycles.